The highest BCUT2D eigenvalue weighted by molar-refractivity contribution is 6.08. The molecule has 0 saturated heterocycles. The Balaban J connectivity index is 1.82. The normalized spacial score (nSPS) is 15.4. The molecular weight excluding hydrogens is 482 g/mol. The largest absolute Gasteiger partial charge is 0.466 e. The molecule has 1 unspecified atom stereocenters. The molecule has 5 rings (SSSR count). The summed E-state index contributed by atoms with van der Waals surface area (Å²) >= 11 is 0. The van der Waals surface area contributed by atoms with Crippen LogP contribution in [0.1, 0.15) is 11.5 Å². The summed E-state index contributed by atoms with van der Waals surface area (Å²) in [5.74, 6) is -1.99. The minimum Gasteiger partial charge on any atom is -0.466 e. The van der Waals surface area contributed by atoms with E-state index in [9.17, 15) is 14.9 Å². The van der Waals surface area contributed by atoms with Gasteiger partial charge in [0.2, 0.25) is 0 Å². The number of allylic oxidation sites excluding steroid dienone is 1. The van der Waals surface area contributed by atoms with Crippen LogP contribution < -0.4 is 10.6 Å². The van der Waals surface area contributed by atoms with Gasteiger partial charge in [-0.1, -0.05) is 72.8 Å². The first-order valence-corrected chi connectivity index (χ1v) is 11.7. The number of carbonyl (C=O) groups excluding carboxylic acids is 2. The molecule has 0 spiro atoms. The van der Waals surface area contributed by atoms with Crippen LogP contribution >= 0.6 is 0 Å². The molecule has 1 aliphatic rings. The number of esters is 2. The highest BCUT2D eigenvalue weighted by Gasteiger charge is 2.43. The summed E-state index contributed by atoms with van der Waals surface area (Å²) in [5, 5.41) is 11.0. The van der Waals surface area contributed by atoms with Gasteiger partial charge in [0, 0.05) is 10.9 Å². The predicted molar refractivity (Wildman–Crippen MR) is 141 cm³/mol. The Morgan fingerprint density at radius 1 is 0.921 bits per heavy atom. The first kappa shape index (κ1) is 24.4. The molecule has 8 heteroatoms. The van der Waals surface area contributed by atoms with Crippen molar-refractivity contribution >= 4 is 28.6 Å². The fourth-order valence-electron chi connectivity index (χ4n) is 4.73. The van der Waals surface area contributed by atoms with E-state index in [0.717, 1.165) is 10.9 Å². The average Bonchev–Trinajstić information content (AvgIpc) is 3.41. The zero-order valence-electron chi connectivity index (χ0n) is 20.7. The molecule has 0 bridgehead atoms. The molecule has 188 valence electrons. The summed E-state index contributed by atoms with van der Waals surface area (Å²) in [7, 11) is 2.42. The van der Waals surface area contributed by atoms with Crippen LogP contribution in [0.4, 0.5) is 5.69 Å². The van der Waals surface area contributed by atoms with Gasteiger partial charge in [-0.25, -0.2) is 9.59 Å². The summed E-state index contributed by atoms with van der Waals surface area (Å²) in [5.41, 5.74) is 8.72. The molecule has 1 aliphatic heterocycles. The zero-order valence-corrected chi connectivity index (χ0v) is 20.7. The number of methoxy groups -OCH3 is 2. The number of hydrogen-bond acceptors (Lipinski definition) is 8. The van der Waals surface area contributed by atoms with Crippen LogP contribution in [0.25, 0.3) is 22.3 Å². The van der Waals surface area contributed by atoms with Gasteiger partial charge in [0.15, 0.2) is 5.58 Å². The first-order valence-electron chi connectivity index (χ1n) is 11.7. The number of nitriles is 1. The maximum absolute atomic E-state index is 13.3. The van der Waals surface area contributed by atoms with Crippen LogP contribution in [0.2, 0.25) is 0 Å². The number of fused-ring (bicyclic) bond motifs is 1. The Morgan fingerprint density at radius 3 is 2.21 bits per heavy atom. The van der Waals surface area contributed by atoms with E-state index in [1.165, 1.54) is 19.1 Å². The van der Waals surface area contributed by atoms with E-state index in [1.54, 1.807) is 36.4 Å². The van der Waals surface area contributed by atoms with Crippen molar-refractivity contribution in [2.75, 3.05) is 19.1 Å². The third kappa shape index (κ3) is 3.96. The number of carbonyl (C=O) groups is 2. The number of benzene rings is 3. The van der Waals surface area contributed by atoms with E-state index < -0.39 is 17.9 Å². The Morgan fingerprint density at radius 2 is 1.58 bits per heavy atom. The number of nitrogens with two attached hydrogens (primary N) is 1. The molecule has 1 aromatic heterocycles. The maximum atomic E-state index is 13.3. The van der Waals surface area contributed by atoms with Crippen molar-refractivity contribution in [3.8, 4) is 17.4 Å². The maximum Gasteiger partial charge on any atom is 0.355 e. The minimum absolute atomic E-state index is 0.0282. The number of anilines is 1. The number of ether oxygens (including phenoxy) is 2. The fourth-order valence-corrected chi connectivity index (χ4v) is 4.73. The first-order chi connectivity index (χ1) is 18.5. The quantitative estimate of drug-likeness (QED) is 0.377. The molecule has 0 saturated carbocycles. The smallest absolute Gasteiger partial charge is 0.355 e. The Hall–Kier alpha value is -5.29. The van der Waals surface area contributed by atoms with Crippen LogP contribution in [0.3, 0.4) is 0 Å². The lowest BCUT2D eigenvalue weighted by Crippen LogP contribution is -2.40. The van der Waals surface area contributed by atoms with Crippen molar-refractivity contribution in [2.24, 2.45) is 5.73 Å². The average molecular weight is 506 g/mol. The highest BCUT2D eigenvalue weighted by Crippen LogP contribution is 2.45. The third-order valence-corrected chi connectivity index (χ3v) is 6.43. The standard InChI is InChI=1S/C30H23N3O5/c1-36-29(34)25-24(19-12-7-4-8-13-19)21(17-31)28(32)33(26(25)30(35)37-2)22-15-9-14-20-16-23(38-27(20)22)18-10-5-3-6-11-18/h3-16,24H,32H2,1-2H3. The van der Waals surface area contributed by atoms with Crippen molar-refractivity contribution < 1.29 is 23.5 Å². The zero-order chi connectivity index (χ0) is 26.8. The molecule has 0 aliphatic carbocycles. The molecule has 4 aromatic rings. The van der Waals surface area contributed by atoms with E-state index in [1.807, 2.05) is 48.5 Å². The van der Waals surface area contributed by atoms with Gasteiger partial charge < -0.3 is 19.6 Å². The molecule has 38 heavy (non-hydrogen) atoms. The second-order valence-electron chi connectivity index (χ2n) is 8.51. The molecule has 8 nitrogen and oxygen atoms in total. The Kier molecular flexibility index (Phi) is 6.42. The molecule has 2 N–H and O–H groups in total. The second-order valence-corrected chi connectivity index (χ2v) is 8.51. The number of nitrogens with zero attached hydrogens (tertiary/aromatic N) is 2. The van der Waals surface area contributed by atoms with Gasteiger partial charge in [-0.05, 0) is 17.7 Å². The fraction of sp³-hybridized carbons (Fsp3) is 0.100. The van der Waals surface area contributed by atoms with Gasteiger partial charge in [-0.15, -0.1) is 0 Å². The summed E-state index contributed by atoms with van der Waals surface area (Å²) in [6.45, 7) is 0. The predicted octanol–water partition coefficient (Wildman–Crippen LogP) is 5.00. The molecular formula is C30H23N3O5. The molecule has 2 heterocycles. The molecule has 0 radical (unpaired) electrons. The number of hydrogen-bond donors (Lipinski definition) is 1. The van der Waals surface area contributed by atoms with Gasteiger partial charge in [-0.3, -0.25) is 4.90 Å². The molecule has 0 amide bonds. The van der Waals surface area contributed by atoms with Crippen LogP contribution in [0, 0.1) is 11.3 Å². The lowest BCUT2D eigenvalue weighted by Gasteiger charge is -2.35. The van der Waals surface area contributed by atoms with Crippen molar-refractivity contribution in [2.45, 2.75) is 5.92 Å². The van der Waals surface area contributed by atoms with Crippen LogP contribution in [0.5, 0.6) is 0 Å². The summed E-state index contributed by atoms with van der Waals surface area (Å²) in [6.07, 6.45) is 0. The van der Waals surface area contributed by atoms with E-state index in [2.05, 4.69) is 6.07 Å². The number of rotatable bonds is 5. The van der Waals surface area contributed by atoms with Gasteiger partial charge in [0.05, 0.1) is 43.0 Å². The Labute approximate surface area is 218 Å². The van der Waals surface area contributed by atoms with Crippen molar-refractivity contribution in [1.82, 2.24) is 0 Å². The summed E-state index contributed by atoms with van der Waals surface area (Å²) < 4.78 is 16.5. The van der Waals surface area contributed by atoms with E-state index in [0.29, 0.717) is 22.6 Å². The second kappa shape index (κ2) is 9.99. The monoisotopic (exact) mass is 505 g/mol. The summed E-state index contributed by atoms with van der Waals surface area (Å²) in [4.78, 5) is 28.0. The lowest BCUT2D eigenvalue weighted by molar-refractivity contribution is -0.139. The van der Waals surface area contributed by atoms with Crippen molar-refractivity contribution in [3.63, 3.8) is 0 Å². The number of furan rings is 1. The molecule has 3 aromatic carbocycles. The minimum atomic E-state index is -0.949. The van der Waals surface area contributed by atoms with Crippen molar-refractivity contribution in [1.29, 1.82) is 5.26 Å². The topological polar surface area (TPSA) is 119 Å². The molecule has 0 fully saturated rings. The van der Waals surface area contributed by atoms with Gasteiger partial charge in [0.1, 0.15) is 17.3 Å². The highest BCUT2D eigenvalue weighted by atomic mass is 16.5. The van der Waals surface area contributed by atoms with Crippen LogP contribution in [-0.4, -0.2) is 26.2 Å². The van der Waals surface area contributed by atoms with Crippen LogP contribution in [-0.2, 0) is 19.1 Å². The van der Waals surface area contributed by atoms with E-state index in [-0.39, 0.29) is 22.7 Å². The lowest BCUT2D eigenvalue weighted by atomic mass is 9.81. The Bertz CT molecular complexity index is 1650. The van der Waals surface area contributed by atoms with Crippen LogP contribution in [0.15, 0.2) is 112 Å². The van der Waals surface area contributed by atoms with Gasteiger partial charge >= 0.3 is 11.9 Å². The van der Waals surface area contributed by atoms with Gasteiger partial charge in [-0.2, -0.15) is 5.26 Å². The number of para-hydroxylation sites is 1. The molecule has 1 atom stereocenters. The third-order valence-electron chi connectivity index (χ3n) is 6.43. The van der Waals surface area contributed by atoms with Gasteiger partial charge in [0.25, 0.3) is 0 Å². The van der Waals surface area contributed by atoms with E-state index >= 15 is 0 Å². The van der Waals surface area contributed by atoms with Crippen molar-refractivity contribution in [3.05, 3.63) is 113 Å². The summed E-state index contributed by atoms with van der Waals surface area (Å²) in [6, 6.07) is 27.8. The van der Waals surface area contributed by atoms with E-state index in [4.69, 9.17) is 19.6 Å². The SMILES string of the molecule is COC(=O)C1=C(C(=O)OC)N(c2cccc3cc(-c4ccccc4)oc23)C(N)=C(C#N)C1c1ccccc1.